The Morgan fingerprint density at radius 3 is 2.26 bits per heavy atom. The third-order valence-corrected chi connectivity index (χ3v) is 5.66. The highest BCUT2D eigenvalue weighted by Crippen LogP contribution is 2.58. The Morgan fingerprint density at radius 2 is 1.68 bits per heavy atom. The maximum Gasteiger partial charge on any atom is 0.146 e. The quantitative estimate of drug-likeness (QED) is 0.811. The van der Waals surface area contributed by atoms with E-state index in [0.717, 1.165) is 43.3 Å². The van der Waals surface area contributed by atoms with Gasteiger partial charge in [-0.25, -0.2) is 0 Å². The normalized spacial score (nSPS) is 39.6. The van der Waals surface area contributed by atoms with E-state index in [1.807, 2.05) is 12.1 Å². The van der Waals surface area contributed by atoms with E-state index in [4.69, 9.17) is 4.74 Å². The number of carbonyl (C=O) groups excluding carboxylic acids is 1. The number of Topliss-reactive ketones (excluding diaryl/α,β-unsaturated/α-hetero) is 1. The standard InChI is InChI=1S/C17H20O2/c1-19-15-4-2-14(3-5-15)17-9-11-6-12(10-17)8-13(7-11)16(17)18/h2-5,11-13H,6-10H2,1H3/t11-,12-,13?,17?/m0/s1. The first-order valence-corrected chi connectivity index (χ1v) is 7.40. The number of rotatable bonds is 2. The maximum atomic E-state index is 12.8. The minimum absolute atomic E-state index is 0.152. The van der Waals surface area contributed by atoms with Crippen LogP contribution in [0.5, 0.6) is 5.75 Å². The van der Waals surface area contributed by atoms with Crippen molar-refractivity contribution in [1.29, 1.82) is 0 Å². The number of benzene rings is 1. The Balaban J connectivity index is 1.77. The van der Waals surface area contributed by atoms with Crippen LogP contribution in [0.15, 0.2) is 24.3 Å². The molecule has 2 heteroatoms. The largest absolute Gasteiger partial charge is 0.497 e. The number of ketones is 1. The highest BCUT2D eigenvalue weighted by atomic mass is 16.5. The molecule has 100 valence electrons. The third-order valence-electron chi connectivity index (χ3n) is 5.66. The molecule has 19 heavy (non-hydrogen) atoms. The van der Waals surface area contributed by atoms with Gasteiger partial charge in [0.2, 0.25) is 0 Å². The van der Waals surface area contributed by atoms with Crippen LogP contribution in [0.25, 0.3) is 0 Å². The van der Waals surface area contributed by atoms with Gasteiger partial charge in [-0.3, -0.25) is 4.79 Å². The monoisotopic (exact) mass is 256 g/mol. The van der Waals surface area contributed by atoms with Gasteiger partial charge in [0.05, 0.1) is 12.5 Å². The van der Waals surface area contributed by atoms with E-state index >= 15 is 0 Å². The van der Waals surface area contributed by atoms with Crippen LogP contribution in [0.2, 0.25) is 0 Å². The van der Waals surface area contributed by atoms with E-state index in [-0.39, 0.29) is 5.41 Å². The summed E-state index contributed by atoms with van der Waals surface area (Å²) in [4.78, 5) is 12.8. The fourth-order valence-electron chi connectivity index (χ4n) is 5.06. The zero-order valence-corrected chi connectivity index (χ0v) is 11.4. The molecule has 0 amide bonds. The van der Waals surface area contributed by atoms with Crippen LogP contribution in [0.1, 0.15) is 37.7 Å². The molecule has 4 fully saturated rings. The molecular weight excluding hydrogens is 236 g/mol. The molecule has 0 aromatic heterocycles. The van der Waals surface area contributed by atoms with Crippen molar-refractivity contribution in [2.24, 2.45) is 17.8 Å². The average Bonchev–Trinajstić information content (AvgIpc) is 2.44. The molecule has 0 spiro atoms. The van der Waals surface area contributed by atoms with Crippen molar-refractivity contribution < 1.29 is 9.53 Å². The summed E-state index contributed by atoms with van der Waals surface area (Å²) in [6.07, 6.45) is 5.86. The molecule has 2 atom stereocenters. The van der Waals surface area contributed by atoms with Gasteiger partial charge in [0.1, 0.15) is 11.5 Å². The Bertz CT molecular complexity index is 503. The topological polar surface area (TPSA) is 26.3 Å². The first-order valence-electron chi connectivity index (χ1n) is 7.40. The van der Waals surface area contributed by atoms with Crippen molar-refractivity contribution in [1.82, 2.24) is 0 Å². The van der Waals surface area contributed by atoms with Gasteiger partial charge in [0.25, 0.3) is 0 Å². The Hall–Kier alpha value is -1.31. The van der Waals surface area contributed by atoms with Gasteiger partial charge in [-0.2, -0.15) is 0 Å². The summed E-state index contributed by atoms with van der Waals surface area (Å²) in [5.41, 5.74) is 1.08. The van der Waals surface area contributed by atoms with Crippen molar-refractivity contribution in [3.05, 3.63) is 29.8 Å². The molecule has 0 heterocycles. The van der Waals surface area contributed by atoms with Gasteiger partial charge in [0.15, 0.2) is 0 Å². The van der Waals surface area contributed by atoms with Crippen LogP contribution in [0, 0.1) is 17.8 Å². The molecule has 2 nitrogen and oxygen atoms in total. The van der Waals surface area contributed by atoms with Gasteiger partial charge >= 0.3 is 0 Å². The van der Waals surface area contributed by atoms with Gasteiger partial charge in [-0.05, 0) is 61.6 Å². The lowest BCUT2D eigenvalue weighted by atomic mass is 9.47. The van der Waals surface area contributed by atoms with E-state index in [2.05, 4.69) is 12.1 Å². The lowest BCUT2D eigenvalue weighted by Crippen LogP contribution is -2.55. The highest BCUT2D eigenvalue weighted by molar-refractivity contribution is 5.94. The predicted octanol–water partition coefficient (Wildman–Crippen LogP) is 3.34. The summed E-state index contributed by atoms with van der Waals surface area (Å²) < 4.78 is 5.23. The first kappa shape index (κ1) is 11.5. The molecule has 0 N–H and O–H groups in total. The number of hydrogen-bond acceptors (Lipinski definition) is 2. The molecule has 4 aliphatic carbocycles. The predicted molar refractivity (Wildman–Crippen MR) is 73.2 cm³/mol. The fraction of sp³-hybridized carbons (Fsp3) is 0.588. The van der Waals surface area contributed by atoms with Crippen LogP contribution in [0.4, 0.5) is 0 Å². The van der Waals surface area contributed by atoms with Crippen LogP contribution >= 0.6 is 0 Å². The summed E-state index contributed by atoms with van der Waals surface area (Å²) in [7, 11) is 1.69. The van der Waals surface area contributed by atoms with Crippen molar-refractivity contribution in [2.75, 3.05) is 7.11 Å². The molecule has 4 aliphatic rings. The summed E-state index contributed by atoms with van der Waals surface area (Å²) in [5.74, 6) is 3.34. The molecule has 4 bridgehead atoms. The number of ether oxygens (including phenoxy) is 1. The van der Waals surface area contributed by atoms with Crippen molar-refractivity contribution >= 4 is 5.78 Å². The average molecular weight is 256 g/mol. The SMILES string of the molecule is COc1ccc(C23C[C@@H]4CC(C[C@H](C4)C2)C3=O)cc1. The van der Waals surface area contributed by atoms with Crippen molar-refractivity contribution in [2.45, 2.75) is 37.5 Å². The van der Waals surface area contributed by atoms with E-state index in [1.54, 1.807) is 7.11 Å². The van der Waals surface area contributed by atoms with Crippen LogP contribution in [-0.2, 0) is 10.2 Å². The number of carbonyl (C=O) groups is 1. The second-order valence-electron chi connectivity index (χ2n) is 6.72. The Kier molecular flexibility index (Phi) is 2.33. The molecule has 1 aromatic carbocycles. The van der Waals surface area contributed by atoms with Gasteiger partial charge in [-0.1, -0.05) is 12.1 Å². The van der Waals surface area contributed by atoms with Gasteiger partial charge < -0.3 is 4.74 Å². The molecule has 0 saturated heterocycles. The highest BCUT2D eigenvalue weighted by Gasteiger charge is 2.57. The van der Waals surface area contributed by atoms with Gasteiger partial charge in [0, 0.05) is 5.92 Å². The van der Waals surface area contributed by atoms with Crippen LogP contribution in [-0.4, -0.2) is 12.9 Å². The fourth-order valence-corrected chi connectivity index (χ4v) is 5.06. The lowest BCUT2D eigenvalue weighted by Gasteiger charge is -2.55. The van der Waals surface area contributed by atoms with Crippen LogP contribution in [0.3, 0.4) is 0 Å². The molecule has 4 saturated carbocycles. The molecular formula is C17H20O2. The molecule has 0 unspecified atom stereocenters. The Morgan fingerprint density at radius 1 is 1.05 bits per heavy atom. The minimum atomic E-state index is -0.152. The summed E-state index contributed by atoms with van der Waals surface area (Å²) in [6.45, 7) is 0. The molecule has 0 aliphatic heterocycles. The third kappa shape index (κ3) is 1.52. The smallest absolute Gasteiger partial charge is 0.146 e. The second-order valence-corrected chi connectivity index (χ2v) is 6.72. The van der Waals surface area contributed by atoms with Crippen LogP contribution < -0.4 is 4.74 Å². The molecule has 0 radical (unpaired) electrons. The summed E-state index contributed by atoms with van der Waals surface area (Å²) in [5, 5.41) is 0. The Labute approximate surface area is 114 Å². The van der Waals surface area contributed by atoms with Crippen molar-refractivity contribution in [3.63, 3.8) is 0 Å². The summed E-state index contributed by atoms with van der Waals surface area (Å²) in [6, 6.07) is 8.23. The minimum Gasteiger partial charge on any atom is -0.497 e. The number of hydrogen-bond donors (Lipinski definition) is 0. The maximum absolute atomic E-state index is 12.8. The first-order chi connectivity index (χ1) is 9.21. The summed E-state index contributed by atoms with van der Waals surface area (Å²) >= 11 is 0. The van der Waals surface area contributed by atoms with E-state index in [0.29, 0.717) is 11.7 Å². The van der Waals surface area contributed by atoms with E-state index < -0.39 is 0 Å². The van der Waals surface area contributed by atoms with Gasteiger partial charge in [-0.15, -0.1) is 0 Å². The number of methoxy groups -OCH3 is 1. The zero-order valence-electron chi connectivity index (χ0n) is 11.4. The van der Waals surface area contributed by atoms with E-state index in [1.165, 1.54) is 12.0 Å². The molecule has 5 rings (SSSR count). The molecule has 1 aromatic rings. The van der Waals surface area contributed by atoms with E-state index in [9.17, 15) is 4.79 Å². The zero-order chi connectivity index (χ0) is 13.0. The second kappa shape index (κ2) is 3.84. The lowest BCUT2D eigenvalue weighted by molar-refractivity contribution is -0.143. The van der Waals surface area contributed by atoms with Crippen molar-refractivity contribution in [3.8, 4) is 5.75 Å².